The highest BCUT2D eigenvalue weighted by Gasteiger charge is 2.00. The van der Waals surface area contributed by atoms with Crippen LogP contribution in [0.5, 0.6) is 0 Å². The molecule has 2 aromatic heterocycles. The molecule has 0 spiro atoms. The van der Waals surface area contributed by atoms with E-state index in [0.717, 1.165) is 16.6 Å². The van der Waals surface area contributed by atoms with Crippen LogP contribution in [-0.4, -0.2) is 4.37 Å². The Kier molecular flexibility index (Phi) is 3.01. The minimum atomic E-state index is 0.806. The molecule has 0 bridgehead atoms. The zero-order chi connectivity index (χ0) is 11.7. The van der Waals surface area contributed by atoms with Crippen LogP contribution in [0.2, 0.25) is 4.34 Å². The van der Waals surface area contributed by atoms with Gasteiger partial charge in [0, 0.05) is 28.7 Å². The molecule has 1 aromatic carbocycles. The fraction of sp³-hybridized carbons (Fsp3) is 0.0833. The summed E-state index contributed by atoms with van der Waals surface area (Å²) in [6, 6.07) is 10.3. The lowest BCUT2D eigenvalue weighted by molar-refractivity contribution is 1.20. The molecule has 0 saturated carbocycles. The lowest BCUT2D eigenvalue weighted by atomic mass is 10.2. The van der Waals surface area contributed by atoms with Gasteiger partial charge in [0.05, 0.1) is 9.04 Å². The van der Waals surface area contributed by atoms with Crippen molar-refractivity contribution < 1.29 is 0 Å². The Morgan fingerprint density at radius 2 is 2.18 bits per heavy atom. The van der Waals surface area contributed by atoms with Crippen molar-refractivity contribution in [3.63, 3.8) is 0 Å². The van der Waals surface area contributed by atoms with E-state index in [-0.39, 0.29) is 0 Å². The van der Waals surface area contributed by atoms with E-state index in [0.29, 0.717) is 0 Å². The molecule has 2 heterocycles. The molecule has 0 aliphatic rings. The summed E-state index contributed by atoms with van der Waals surface area (Å²) in [6.07, 6.45) is 1.90. The highest BCUT2D eigenvalue weighted by Crippen LogP contribution is 2.24. The zero-order valence-corrected chi connectivity index (χ0v) is 11.2. The highest BCUT2D eigenvalue weighted by molar-refractivity contribution is 7.16. The molecule has 86 valence electrons. The van der Waals surface area contributed by atoms with Gasteiger partial charge >= 0.3 is 0 Å². The molecular weight excluding hydrogens is 272 g/mol. The van der Waals surface area contributed by atoms with Crippen molar-refractivity contribution in [2.45, 2.75) is 6.54 Å². The van der Waals surface area contributed by atoms with E-state index >= 15 is 0 Å². The minimum absolute atomic E-state index is 0.806. The maximum absolute atomic E-state index is 5.89. The Morgan fingerprint density at radius 3 is 3.00 bits per heavy atom. The number of anilines is 1. The van der Waals surface area contributed by atoms with Gasteiger partial charge in [-0.1, -0.05) is 11.6 Å². The zero-order valence-electron chi connectivity index (χ0n) is 8.81. The average Bonchev–Trinajstić information content (AvgIpc) is 2.94. The van der Waals surface area contributed by atoms with Crippen molar-refractivity contribution in [2.24, 2.45) is 0 Å². The first-order chi connectivity index (χ1) is 8.31. The predicted molar refractivity (Wildman–Crippen MR) is 76.3 cm³/mol. The number of benzene rings is 1. The van der Waals surface area contributed by atoms with E-state index in [1.165, 1.54) is 26.5 Å². The molecule has 1 N–H and O–H groups in total. The lowest BCUT2D eigenvalue weighted by Crippen LogP contribution is -1.96. The summed E-state index contributed by atoms with van der Waals surface area (Å²) in [5.74, 6) is 0. The largest absolute Gasteiger partial charge is 0.380 e. The predicted octanol–water partition coefficient (Wildman–Crippen LogP) is 4.62. The van der Waals surface area contributed by atoms with Crippen LogP contribution in [0.15, 0.2) is 36.5 Å². The number of hydrogen-bond donors (Lipinski definition) is 1. The monoisotopic (exact) mass is 280 g/mol. The first-order valence-corrected chi connectivity index (χ1v) is 7.10. The Hall–Kier alpha value is -1.10. The molecule has 3 rings (SSSR count). The van der Waals surface area contributed by atoms with Gasteiger partial charge in [-0.05, 0) is 41.9 Å². The third kappa shape index (κ3) is 2.44. The topological polar surface area (TPSA) is 24.9 Å². The van der Waals surface area contributed by atoms with Gasteiger partial charge in [-0.3, -0.25) is 0 Å². The second kappa shape index (κ2) is 4.64. The molecule has 0 fully saturated rings. The third-order valence-corrected chi connectivity index (χ3v) is 4.46. The lowest BCUT2D eigenvalue weighted by Gasteiger charge is -2.04. The van der Waals surface area contributed by atoms with Crippen LogP contribution in [0.3, 0.4) is 0 Å². The fourth-order valence-electron chi connectivity index (χ4n) is 1.62. The van der Waals surface area contributed by atoms with Crippen molar-refractivity contribution in [3.8, 4) is 0 Å². The summed E-state index contributed by atoms with van der Waals surface area (Å²) in [4.78, 5) is 1.23. The Labute approximate surface area is 112 Å². The molecule has 3 aromatic rings. The van der Waals surface area contributed by atoms with Gasteiger partial charge in [-0.2, -0.15) is 4.37 Å². The molecule has 17 heavy (non-hydrogen) atoms. The third-order valence-electron chi connectivity index (χ3n) is 2.45. The Balaban J connectivity index is 1.76. The van der Waals surface area contributed by atoms with Crippen molar-refractivity contribution in [1.29, 1.82) is 0 Å². The smallest absolute Gasteiger partial charge is 0.0931 e. The number of thiophene rings is 1. The quantitative estimate of drug-likeness (QED) is 0.757. The first kappa shape index (κ1) is 11.0. The van der Waals surface area contributed by atoms with Gasteiger partial charge in [0.2, 0.25) is 0 Å². The molecule has 0 amide bonds. The van der Waals surface area contributed by atoms with Crippen LogP contribution >= 0.6 is 34.5 Å². The molecular formula is C12H9ClN2S2. The van der Waals surface area contributed by atoms with Gasteiger partial charge in [-0.25, -0.2) is 0 Å². The van der Waals surface area contributed by atoms with Crippen LogP contribution in [0.1, 0.15) is 4.88 Å². The maximum Gasteiger partial charge on any atom is 0.0931 e. The van der Waals surface area contributed by atoms with E-state index in [1.807, 2.05) is 18.3 Å². The molecule has 0 unspecified atom stereocenters. The number of aromatic nitrogens is 1. The summed E-state index contributed by atoms with van der Waals surface area (Å²) in [6.45, 7) is 0.806. The molecule has 0 atom stereocenters. The Bertz CT molecular complexity index is 645. The van der Waals surface area contributed by atoms with Crippen LogP contribution in [-0.2, 0) is 6.54 Å². The van der Waals surface area contributed by atoms with Crippen molar-refractivity contribution >= 4 is 50.2 Å². The summed E-state index contributed by atoms with van der Waals surface area (Å²) in [7, 11) is 0. The average molecular weight is 281 g/mol. The van der Waals surface area contributed by atoms with Crippen LogP contribution < -0.4 is 5.32 Å². The minimum Gasteiger partial charge on any atom is -0.380 e. The number of fused-ring (bicyclic) bond motifs is 1. The first-order valence-electron chi connectivity index (χ1n) is 5.14. The summed E-state index contributed by atoms with van der Waals surface area (Å²) in [5, 5.41) is 4.57. The number of rotatable bonds is 3. The van der Waals surface area contributed by atoms with E-state index < -0.39 is 0 Å². The number of halogens is 1. The molecule has 0 saturated heterocycles. The highest BCUT2D eigenvalue weighted by atomic mass is 35.5. The maximum atomic E-state index is 5.89. The van der Waals surface area contributed by atoms with E-state index in [2.05, 4.69) is 27.9 Å². The van der Waals surface area contributed by atoms with Gasteiger partial charge in [0.25, 0.3) is 0 Å². The van der Waals surface area contributed by atoms with Crippen molar-refractivity contribution in [2.75, 3.05) is 5.32 Å². The SMILES string of the molecule is Clc1ccc(CNc2ccc3sncc3c2)s1. The van der Waals surface area contributed by atoms with Crippen LogP contribution in [0, 0.1) is 0 Å². The Morgan fingerprint density at radius 1 is 1.24 bits per heavy atom. The standard InChI is InChI=1S/C12H9ClN2S2/c13-12-4-2-10(16-12)7-14-9-1-3-11-8(5-9)6-15-17-11/h1-6,14H,7H2. The van der Waals surface area contributed by atoms with Crippen LogP contribution in [0.4, 0.5) is 5.69 Å². The van der Waals surface area contributed by atoms with Gasteiger partial charge < -0.3 is 5.32 Å². The van der Waals surface area contributed by atoms with E-state index in [4.69, 9.17) is 11.6 Å². The summed E-state index contributed by atoms with van der Waals surface area (Å²) >= 11 is 9.02. The molecule has 5 heteroatoms. The summed E-state index contributed by atoms with van der Waals surface area (Å²) in [5.41, 5.74) is 1.11. The van der Waals surface area contributed by atoms with E-state index in [9.17, 15) is 0 Å². The van der Waals surface area contributed by atoms with Gasteiger partial charge in [0.15, 0.2) is 0 Å². The van der Waals surface area contributed by atoms with E-state index in [1.54, 1.807) is 11.3 Å². The molecule has 2 nitrogen and oxygen atoms in total. The molecule has 0 aliphatic heterocycles. The fourth-order valence-corrected chi connectivity index (χ4v) is 3.27. The van der Waals surface area contributed by atoms with Gasteiger partial charge in [-0.15, -0.1) is 11.3 Å². The normalized spacial score (nSPS) is 10.9. The van der Waals surface area contributed by atoms with Crippen LogP contribution in [0.25, 0.3) is 10.1 Å². The second-order valence-corrected chi connectivity index (χ2v) is 6.27. The van der Waals surface area contributed by atoms with Gasteiger partial charge in [0.1, 0.15) is 0 Å². The van der Waals surface area contributed by atoms with Crippen molar-refractivity contribution in [1.82, 2.24) is 4.37 Å². The number of nitrogens with zero attached hydrogens (tertiary/aromatic N) is 1. The number of hydrogen-bond acceptors (Lipinski definition) is 4. The molecule has 0 radical (unpaired) electrons. The molecule has 0 aliphatic carbocycles. The second-order valence-electron chi connectivity index (χ2n) is 3.64. The van der Waals surface area contributed by atoms with Crippen molar-refractivity contribution in [3.05, 3.63) is 45.7 Å². The number of nitrogens with one attached hydrogen (secondary N) is 1. The summed E-state index contributed by atoms with van der Waals surface area (Å²) < 4.78 is 6.21.